The van der Waals surface area contributed by atoms with Gasteiger partial charge in [-0.1, -0.05) is 12.2 Å². The van der Waals surface area contributed by atoms with Crippen LogP contribution in [-0.2, 0) is 9.59 Å². The van der Waals surface area contributed by atoms with E-state index in [4.69, 9.17) is 0 Å². The molecule has 2 bridgehead atoms. The Labute approximate surface area is 116 Å². The molecule has 20 heavy (non-hydrogen) atoms. The van der Waals surface area contributed by atoms with Crippen molar-refractivity contribution in [2.24, 2.45) is 35.5 Å². The number of carbonyl (C=O) groups is 2. The smallest absolute Gasteiger partial charge is 0.238 e. The normalized spacial score (nSPS) is 43.7. The molecule has 1 aromatic rings. The number of anilines is 1. The van der Waals surface area contributed by atoms with E-state index in [9.17, 15) is 9.59 Å². The van der Waals surface area contributed by atoms with Crippen LogP contribution in [-0.4, -0.2) is 16.8 Å². The molecule has 0 aromatic carbocycles. The van der Waals surface area contributed by atoms with E-state index < -0.39 is 0 Å². The first-order valence-corrected chi connectivity index (χ1v) is 7.23. The number of pyridine rings is 1. The minimum absolute atomic E-state index is 0.0160. The second-order valence-electron chi connectivity index (χ2n) is 6.38. The molecule has 6 atom stereocenters. The zero-order valence-electron chi connectivity index (χ0n) is 10.8. The second-order valence-corrected chi connectivity index (χ2v) is 6.38. The van der Waals surface area contributed by atoms with Gasteiger partial charge in [0.2, 0.25) is 11.8 Å². The van der Waals surface area contributed by atoms with Crippen LogP contribution in [0.1, 0.15) is 6.42 Å². The summed E-state index contributed by atoms with van der Waals surface area (Å²) in [6.45, 7) is 0. The van der Waals surface area contributed by atoms with E-state index >= 15 is 0 Å². The molecule has 1 aliphatic heterocycles. The summed E-state index contributed by atoms with van der Waals surface area (Å²) in [6, 6.07) is 3.55. The standard InChI is InChI=1S/C16H14N2O2/c19-15-13-9-3-4-10(12-6-11(9)12)14(13)16(20)18(15)8-2-1-5-17-7-8/h1-5,7,9-14H,6H2/t9-,10-,11-,12+,13-,14+/m0/s1. The van der Waals surface area contributed by atoms with Gasteiger partial charge in [0.05, 0.1) is 23.7 Å². The van der Waals surface area contributed by atoms with E-state index in [1.165, 1.54) is 11.3 Å². The molecular weight excluding hydrogens is 252 g/mol. The van der Waals surface area contributed by atoms with Gasteiger partial charge in [-0.15, -0.1) is 0 Å². The van der Waals surface area contributed by atoms with Crippen LogP contribution in [0, 0.1) is 35.5 Å². The van der Waals surface area contributed by atoms with E-state index in [-0.39, 0.29) is 35.5 Å². The summed E-state index contributed by atoms with van der Waals surface area (Å²) < 4.78 is 0. The Bertz CT molecular complexity index is 618. The van der Waals surface area contributed by atoms with Crippen molar-refractivity contribution in [2.45, 2.75) is 6.42 Å². The Morgan fingerprint density at radius 2 is 1.70 bits per heavy atom. The maximum atomic E-state index is 12.7. The summed E-state index contributed by atoms with van der Waals surface area (Å²) in [4.78, 5) is 30.9. The first-order valence-electron chi connectivity index (χ1n) is 7.23. The molecule has 1 aromatic heterocycles. The van der Waals surface area contributed by atoms with Crippen molar-refractivity contribution in [3.8, 4) is 0 Å². The van der Waals surface area contributed by atoms with Crippen molar-refractivity contribution in [3.63, 3.8) is 0 Å². The van der Waals surface area contributed by atoms with Crippen LogP contribution in [0.15, 0.2) is 36.7 Å². The number of amides is 2. The molecule has 1 saturated heterocycles. The fourth-order valence-corrected chi connectivity index (χ4v) is 4.70. The molecule has 2 saturated carbocycles. The third-order valence-corrected chi connectivity index (χ3v) is 5.57. The predicted molar refractivity (Wildman–Crippen MR) is 71.4 cm³/mol. The van der Waals surface area contributed by atoms with E-state index in [0.717, 1.165) is 0 Å². The lowest BCUT2D eigenvalue weighted by atomic mass is 9.63. The Kier molecular flexibility index (Phi) is 1.82. The monoisotopic (exact) mass is 266 g/mol. The Hall–Kier alpha value is -1.97. The fourth-order valence-electron chi connectivity index (χ4n) is 4.70. The summed E-state index contributed by atoms with van der Waals surface area (Å²) in [5, 5.41) is 0. The van der Waals surface area contributed by atoms with Crippen molar-refractivity contribution >= 4 is 17.5 Å². The first kappa shape index (κ1) is 10.8. The second kappa shape index (κ2) is 3.37. The lowest BCUT2D eigenvalue weighted by Crippen LogP contribution is -2.40. The molecule has 100 valence electrons. The molecule has 0 unspecified atom stereocenters. The Morgan fingerprint density at radius 3 is 2.25 bits per heavy atom. The van der Waals surface area contributed by atoms with Gasteiger partial charge in [0.15, 0.2) is 0 Å². The van der Waals surface area contributed by atoms with Crippen molar-refractivity contribution in [1.82, 2.24) is 4.98 Å². The van der Waals surface area contributed by atoms with Gasteiger partial charge in [-0.2, -0.15) is 0 Å². The average molecular weight is 266 g/mol. The van der Waals surface area contributed by atoms with Gasteiger partial charge in [0.1, 0.15) is 0 Å². The number of rotatable bonds is 1. The molecule has 2 amide bonds. The third kappa shape index (κ3) is 1.11. The minimum Gasteiger partial charge on any atom is -0.274 e. The van der Waals surface area contributed by atoms with Gasteiger partial charge >= 0.3 is 0 Å². The number of allylic oxidation sites excluding steroid dienone is 2. The summed E-state index contributed by atoms with van der Waals surface area (Å²) in [7, 11) is 0. The molecule has 3 fully saturated rings. The number of aromatic nitrogens is 1. The van der Waals surface area contributed by atoms with Crippen LogP contribution in [0.5, 0.6) is 0 Å². The van der Waals surface area contributed by atoms with Crippen LogP contribution in [0.4, 0.5) is 5.69 Å². The lowest BCUT2D eigenvalue weighted by molar-refractivity contribution is -0.124. The van der Waals surface area contributed by atoms with Crippen molar-refractivity contribution in [1.29, 1.82) is 0 Å². The highest BCUT2D eigenvalue weighted by atomic mass is 16.2. The predicted octanol–water partition coefficient (Wildman–Crippen LogP) is 1.64. The minimum atomic E-state index is -0.124. The topological polar surface area (TPSA) is 50.3 Å². The molecular formula is C16H14N2O2. The molecule has 2 heterocycles. The fraction of sp³-hybridized carbons (Fsp3) is 0.438. The van der Waals surface area contributed by atoms with Gasteiger partial charge in [-0.05, 0) is 42.2 Å². The van der Waals surface area contributed by atoms with Crippen molar-refractivity contribution < 1.29 is 9.59 Å². The number of nitrogens with zero attached hydrogens (tertiary/aromatic N) is 2. The Morgan fingerprint density at radius 1 is 1.05 bits per heavy atom. The van der Waals surface area contributed by atoms with E-state index in [1.54, 1.807) is 24.5 Å². The van der Waals surface area contributed by atoms with Crippen LogP contribution < -0.4 is 4.90 Å². The number of carbonyl (C=O) groups excluding carboxylic acids is 2. The first-order chi connectivity index (χ1) is 9.77. The quantitative estimate of drug-likeness (QED) is 0.573. The molecule has 0 radical (unpaired) electrons. The molecule has 4 heteroatoms. The van der Waals surface area contributed by atoms with E-state index in [2.05, 4.69) is 17.1 Å². The van der Waals surface area contributed by atoms with Crippen molar-refractivity contribution in [2.75, 3.05) is 4.90 Å². The van der Waals surface area contributed by atoms with E-state index in [0.29, 0.717) is 17.5 Å². The summed E-state index contributed by atoms with van der Waals surface area (Å²) in [5.41, 5.74) is 0.616. The highest BCUT2D eigenvalue weighted by Gasteiger charge is 2.67. The van der Waals surface area contributed by atoms with Gasteiger partial charge in [-0.25, -0.2) is 4.90 Å². The molecule has 0 spiro atoms. The Balaban J connectivity index is 1.61. The van der Waals surface area contributed by atoms with Gasteiger partial charge in [0.25, 0.3) is 0 Å². The highest BCUT2D eigenvalue weighted by Crippen LogP contribution is 2.65. The molecule has 4 aliphatic carbocycles. The van der Waals surface area contributed by atoms with Gasteiger partial charge in [-0.3, -0.25) is 14.6 Å². The summed E-state index contributed by atoms with van der Waals surface area (Å²) in [6.07, 6.45) is 8.84. The molecule has 0 N–H and O–H groups in total. The molecule has 4 nitrogen and oxygen atoms in total. The van der Waals surface area contributed by atoms with Crippen LogP contribution in [0.2, 0.25) is 0 Å². The summed E-state index contributed by atoms with van der Waals surface area (Å²) >= 11 is 0. The number of imide groups is 1. The largest absolute Gasteiger partial charge is 0.274 e. The highest BCUT2D eigenvalue weighted by molar-refractivity contribution is 6.22. The van der Waals surface area contributed by atoms with Gasteiger partial charge in [0, 0.05) is 6.20 Å². The number of hydrogen-bond donors (Lipinski definition) is 0. The third-order valence-electron chi connectivity index (χ3n) is 5.57. The van der Waals surface area contributed by atoms with Crippen LogP contribution in [0.3, 0.4) is 0 Å². The maximum absolute atomic E-state index is 12.7. The van der Waals surface area contributed by atoms with Crippen LogP contribution >= 0.6 is 0 Å². The number of hydrogen-bond acceptors (Lipinski definition) is 3. The zero-order valence-corrected chi connectivity index (χ0v) is 10.8. The molecule has 5 aliphatic rings. The van der Waals surface area contributed by atoms with Crippen molar-refractivity contribution in [3.05, 3.63) is 36.7 Å². The maximum Gasteiger partial charge on any atom is 0.238 e. The molecule has 6 rings (SSSR count). The average Bonchev–Trinajstić information content (AvgIpc) is 3.25. The zero-order chi connectivity index (χ0) is 13.4. The van der Waals surface area contributed by atoms with Crippen LogP contribution in [0.25, 0.3) is 0 Å². The SMILES string of the molecule is O=C1[C@@H]2[C@H]3C=C[C@@H]([C@@H]4C[C@H]34)[C@@H]2C(=O)N1c1cccnc1. The summed E-state index contributed by atoms with van der Waals surface area (Å²) in [5.74, 6) is 1.59. The van der Waals surface area contributed by atoms with E-state index in [1.807, 2.05) is 0 Å². The lowest BCUT2D eigenvalue weighted by Gasteiger charge is -2.37. The van der Waals surface area contributed by atoms with Gasteiger partial charge < -0.3 is 0 Å².